The Labute approximate surface area is 154 Å². The first-order chi connectivity index (χ1) is 12.6. The average molecular weight is 347 g/mol. The Morgan fingerprint density at radius 3 is 2.58 bits per heavy atom. The van der Waals surface area contributed by atoms with Crippen molar-refractivity contribution in [2.75, 3.05) is 11.9 Å². The molecule has 0 aliphatic rings. The predicted molar refractivity (Wildman–Crippen MR) is 108 cm³/mol. The zero-order valence-electron chi connectivity index (χ0n) is 15.3. The van der Waals surface area contributed by atoms with Crippen LogP contribution in [0.25, 0.3) is 0 Å². The zero-order chi connectivity index (χ0) is 18.4. The van der Waals surface area contributed by atoms with Crippen LogP contribution < -0.4 is 11.1 Å². The minimum atomic E-state index is 0.427. The van der Waals surface area contributed by atoms with Gasteiger partial charge >= 0.3 is 0 Å². The summed E-state index contributed by atoms with van der Waals surface area (Å²) >= 11 is 0. The number of nitrogens with zero attached hydrogens (tertiary/aromatic N) is 3. The van der Waals surface area contributed by atoms with Crippen LogP contribution in [0.2, 0.25) is 0 Å². The van der Waals surface area contributed by atoms with E-state index in [-0.39, 0.29) is 0 Å². The summed E-state index contributed by atoms with van der Waals surface area (Å²) in [7, 11) is 0. The topological polar surface area (TPSA) is 68.2 Å². The molecule has 3 aromatic rings. The lowest BCUT2D eigenvalue weighted by atomic mass is 10.1. The Morgan fingerprint density at radius 2 is 1.85 bits per heavy atom. The van der Waals surface area contributed by atoms with E-state index in [1.54, 1.807) is 0 Å². The van der Waals surface area contributed by atoms with E-state index in [2.05, 4.69) is 76.2 Å². The van der Waals surface area contributed by atoms with E-state index >= 15 is 0 Å². The van der Waals surface area contributed by atoms with Crippen LogP contribution in [0.3, 0.4) is 0 Å². The van der Waals surface area contributed by atoms with Crippen molar-refractivity contribution in [3.8, 4) is 0 Å². The highest BCUT2D eigenvalue weighted by atomic mass is 15.1. The van der Waals surface area contributed by atoms with Crippen molar-refractivity contribution in [1.82, 2.24) is 9.55 Å². The molecule has 0 spiro atoms. The van der Waals surface area contributed by atoms with E-state index < -0.39 is 0 Å². The fraction of sp³-hybridized carbons (Fsp3) is 0.238. The standard InChI is InChI=1S/C21H25N5/c1-16-12-17(2)14-19(13-16)25-21(22)24-9-8-20-23-10-11-26(20)15-18-6-4-3-5-7-18/h3-7,10-14H,8-9,15H2,1-2H3,(H3,22,24,25). The largest absolute Gasteiger partial charge is 0.370 e. The number of aromatic nitrogens is 2. The minimum Gasteiger partial charge on any atom is -0.370 e. The molecule has 1 aromatic heterocycles. The number of guanidine groups is 1. The van der Waals surface area contributed by atoms with E-state index in [0.29, 0.717) is 12.5 Å². The summed E-state index contributed by atoms with van der Waals surface area (Å²) in [6, 6.07) is 16.6. The summed E-state index contributed by atoms with van der Waals surface area (Å²) in [5, 5.41) is 3.16. The first-order valence-corrected chi connectivity index (χ1v) is 8.79. The highest BCUT2D eigenvalue weighted by Crippen LogP contribution is 2.13. The van der Waals surface area contributed by atoms with Gasteiger partial charge in [-0.2, -0.15) is 0 Å². The smallest absolute Gasteiger partial charge is 0.193 e. The maximum absolute atomic E-state index is 6.02. The molecule has 134 valence electrons. The summed E-state index contributed by atoms with van der Waals surface area (Å²) in [6.45, 7) is 5.54. The summed E-state index contributed by atoms with van der Waals surface area (Å²) in [6.07, 6.45) is 4.58. The Balaban J connectivity index is 1.57. The lowest BCUT2D eigenvalue weighted by Gasteiger charge is -2.09. The number of nitrogens with one attached hydrogen (secondary N) is 1. The zero-order valence-corrected chi connectivity index (χ0v) is 15.3. The molecule has 0 atom stereocenters. The number of hydrogen-bond donors (Lipinski definition) is 2. The second-order valence-electron chi connectivity index (χ2n) is 6.48. The molecule has 3 rings (SSSR count). The molecule has 0 unspecified atom stereocenters. The van der Waals surface area contributed by atoms with Gasteiger partial charge in [-0.15, -0.1) is 0 Å². The number of benzene rings is 2. The van der Waals surface area contributed by atoms with Crippen molar-refractivity contribution in [1.29, 1.82) is 0 Å². The molecule has 3 N–H and O–H groups in total. The van der Waals surface area contributed by atoms with Crippen molar-refractivity contribution >= 4 is 11.6 Å². The summed E-state index contributed by atoms with van der Waals surface area (Å²) in [4.78, 5) is 8.88. The van der Waals surface area contributed by atoms with Crippen molar-refractivity contribution < 1.29 is 0 Å². The monoisotopic (exact) mass is 347 g/mol. The van der Waals surface area contributed by atoms with Crippen molar-refractivity contribution in [3.63, 3.8) is 0 Å². The molecule has 0 saturated heterocycles. The van der Waals surface area contributed by atoms with Crippen LogP contribution >= 0.6 is 0 Å². The van der Waals surface area contributed by atoms with Crippen molar-refractivity contribution in [2.45, 2.75) is 26.8 Å². The van der Waals surface area contributed by atoms with Gasteiger partial charge in [0.05, 0.1) is 0 Å². The van der Waals surface area contributed by atoms with Crippen LogP contribution in [-0.2, 0) is 13.0 Å². The van der Waals surface area contributed by atoms with Gasteiger partial charge in [-0.05, 0) is 42.7 Å². The number of rotatable bonds is 6. The van der Waals surface area contributed by atoms with Crippen LogP contribution in [0.1, 0.15) is 22.5 Å². The van der Waals surface area contributed by atoms with E-state index in [4.69, 9.17) is 5.73 Å². The SMILES string of the molecule is Cc1cc(C)cc(NC(N)=NCCc2nccn2Cc2ccccc2)c1. The van der Waals surface area contributed by atoms with Gasteiger partial charge in [-0.3, -0.25) is 4.99 Å². The first-order valence-electron chi connectivity index (χ1n) is 8.79. The quantitative estimate of drug-likeness (QED) is 0.529. The third-order valence-electron chi connectivity index (χ3n) is 4.11. The number of anilines is 1. The number of imidazole rings is 1. The Hall–Kier alpha value is -3.08. The fourth-order valence-corrected chi connectivity index (χ4v) is 3.00. The molecule has 5 heteroatoms. The molecule has 0 aliphatic heterocycles. The summed E-state index contributed by atoms with van der Waals surface area (Å²) < 4.78 is 2.15. The van der Waals surface area contributed by atoms with E-state index in [1.807, 2.05) is 18.5 Å². The highest BCUT2D eigenvalue weighted by molar-refractivity contribution is 5.92. The van der Waals surface area contributed by atoms with Crippen LogP contribution in [0.5, 0.6) is 0 Å². The Morgan fingerprint density at radius 1 is 1.12 bits per heavy atom. The van der Waals surface area contributed by atoms with Crippen LogP contribution in [-0.4, -0.2) is 22.1 Å². The van der Waals surface area contributed by atoms with Gasteiger partial charge in [0, 0.05) is 37.6 Å². The Bertz CT molecular complexity index is 860. The lowest BCUT2D eigenvalue weighted by Crippen LogP contribution is -2.23. The van der Waals surface area contributed by atoms with Gasteiger partial charge in [0.25, 0.3) is 0 Å². The van der Waals surface area contributed by atoms with Crippen LogP contribution in [0.15, 0.2) is 65.9 Å². The molecular formula is C21H25N5. The minimum absolute atomic E-state index is 0.427. The molecule has 0 bridgehead atoms. The molecular weight excluding hydrogens is 322 g/mol. The number of aliphatic imine (C=N–C) groups is 1. The third-order valence-corrected chi connectivity index (χ3v) is 4.11. The second-order valence-corrected chi connectivity index (χ2v) is 6.48. The van der Waals surface area contributed by atoms with Gasteiger partial charge in [0.1, 0.15) is 5.82 Å². The normalized spacial score (nSPS) is 11.5. The molecule has 5 nitrogen and oxygen atoms in total. The van der Waals surface area contributed by atoms with Gasteiger partial charge < -0.3 is 15.6 Å². The van der Waals surface area contributed by atoms with Crippen molar-refractivity contribution in [2.24, 2.45) is 10.7 Å². The highest BCUT2D eigenvalue weighted by Gasteiger charge is 2.04. The summed E-state index contributed by atoms with van der Waals surface area (Å²) in [5.41, 5.74) is 10.6. The van der Waals surface area contributed by atoms with E-state index in [9.17, 15) is 0 Å². The molecule has 1 heterocycles. The number of hydrogen-bond acceptors (Lipinski definition) is 2. The maximum Gasteiger partial charge on any atom is 0.193 e. The molecule has 0 aliphatic carbocycles. The van der Waals surface area contributed by atoms with Crippen LogP contribution in [0.4, 0.5) is 5.69 Å². The Kier molecular flexibility index (Phi) is 5.69. The number of aryl methyl sites for hydroxylation is 2. The second kappa shape index (κ2) is 8.34. The molecule has 26 heavy (non-hydrogen) atoms. The number of nitrogens with two attached hydrogens (primary N) is 1. The van der Waals surface area contributed by atoms with Gasteiger partial charge in [0.2, 0.25) is 0 Å². The van der Waals surface area contributed by atoms with Crippen LogP contribution in [0, 0.1) is 13.8 Å². The fourth-order valence-electron chi connectivity index (χ4n) is 3.00. The lowest BCUT2D eigenvalue weighted by molar-refractivity contribution is 0.716. The first kappa shape index (κ1) is 17.7. The van der Waals surface area contributed by atoms with Gasteiger partial charge in [-0.25, -0.2) is 4.98 Å². The predicted octanol–water partition coefficient (Wildman–Crippen LogP) is 3.52. The maximum atomic E-state index is 6.02. The van der Waals surface area contributed by atoms with E-state index in [1.165, 1.54) is 16.7 Å². The molecule has 2 aromatic carbocycles. The molecule has 0 amide bonds. The van der Waals surface area contributed by atoms with Gasteiger partial charge in [0.15, 0.2) is 5.96 Å². The average Bonchev–Trinajstić information content (AvgIpc) is 3.02. The third kappa shape index (κ3) is 4.96. The molecule has 0 fully saturated rings. The molecule has 0 saturated carbocycles. The summed E-state index contributed by atoms with van der Waals surface area (Å²) in [5.74, 6) is 1.44. The van der Waals surface area contributed by atoms with Crippen molar-refractivity contribution in [3.05, 3.63) is 83.4 Å². The molecule has 0 radical (unpaired) electrons. The van der Waals surface area contributed by atoms with Gasteiger partial charge in [-0.1, -0.05) is 36.4 Å². The van der Waals surface area contributed by atoms with E-state index in [0.717, 1.165) is 24.5 Å².